The van der Waals surface area contributed by atoms with Gasteiger partial charge in [0.2, 0.25) is 0 Å². The molecule has 3 rings (SSSR count). The average molecular weight is 341 g/mol. The highest BCUT2D eigenvalue weighted by atomic mass is 16.5. The number of anilines is 1. The summed E-state index contributed by atoms with van der Waals surface area (Å²) in [5, 5.41) is 2.88. The molecule has 5 heteroatoms. The molecule has 0 spiro atoms. The minimum absolute atomic E-state index is 0.196. The number of amides is 1. The minimum atomic E-state index is -0.219. The van der Waals surface area contributed by atoms with Crippen LogP contribution in [0.25, 0.3) is 0 Å². The molecular formula is C20H23NO4. The van der Waals surface area contributed by atoms with Crippen molar-refractivity contribution in [2.24, 2.45) is 0 Å². The van der Waals surface area contributed by atoms with Gasteiger partial charge >= 0.3 is 0 Å². The molecule has 0 aliphatic heterocycles. The number of carbonyl (C=O) groups is 1. The van der Waals surface area contributed by atoms with E-state index in [1.54, 1.807) is 44.6 Å². The van der Waals surface area contributed by atoms with E-state index in [0.29, 0.717) is 28.5 Å². The second kappa shape index (κ2) is 7.92. The molecule has 5 nitrogen and oxygen atoms in total. The summed E-state index contributed by atoms with van der Waals surface area (Å²) in [7, 11) is 3.18. The standard InChI is InChI=1S/C20H23NO4/c1-23-17-10-6-5-9-16(17)21-20(22)14-11-12-18(24-2)19(13-14)25-15-7-3-4-8-15/h5-6,9-13,15H,3-4,7-8H2,1-2H3,(H,21,22). The molecule has 0 radical (unpaired) electrons. The lowest BCUT2D eigenvalue weighted by Crippen LogP contribution is -2.15. The highest BCUT2D eigenvalue weighted by molar-refractivity contribution is 6.05. The summed E-state index contributed by atoms with van der Waals surface area (Å²) >= 11 is 0. The molecule has 0 saturated heterocycles. The number of hydrogen-bond donors (Lipinski definition) is 1. The fourth-order valence-corrected chi connectivity index (χ4v) is 3.04. The van der Waals surface area contributed by atoms with Gasteiger partial charge in [-0.2, -0.15) is 0 Å². The van der Waals surface area contributed by atoms with Gasteiger partial charge in [0, 0.05) is 5.56 Å². The highest BCUT2D eigenvalue weighted by Gasteiger charge is 2.20. The molecule has 2 aromatic rings. The van der Waals surface area contributed by atoms with Crippen LogP contribution in [0.15, 0.2) is 42.5 Å². The summed E-state index contributed by atoms with van der Waals surface area (Å²) in [5.41, 5.74) is 1.14. The van der Waals surface area contributed by atoms with Gasteiger partial charge in [-0.05, 0) is 56.0 Å². The van der Waals surface area contributed by atoms with Gasteiger partial charge in [-0.15, -0.1) is 0 Å². The predicted molar refractivity (Wildman–Crippen MR) is 96.8 cm³/mol. The zero-order valence-corrected chi connectivity index (χ0v) is 14.6. The molecule has 0 aromatic heterocycles. The third-order valence-electron chi connectivity index (χ3n) is 4.38. The number of rotatable bonds is 6. The second-order valence-corrected chi connectivity index (χ2v) is 6.04. The first kappa shape index (κ1) is 17.1. The smallest absolute Gasteiger partial charge is 0.255 e. The number of ether oxygens (including phenoxy) is 3. The number of methoxy groups -OCH3 is 2. The van der Waals surface area contributed by atoms with E-state index in [9.17, 15) is 4.79 Å². The van der Waals surface area contributed by atoms with Crippen LogP contribution >= 0.6 is 0 Å². The first-order chi connectivity index (χ1) is 12.2. The summed E-state index contributed by atoms with van der Waals surface area (Å²) in [6.07, 6.45) is 4.64. The maximum Gasteiger partial charge on any atom is 0.255 e. The van der Waals surface area contributed by atoms with Crippen LogP contribution in [0.5, 0.6) is 17.2 Å². The Morgan fingerprint density at radius 3 is 2.40 bits per heavy atom. The highest BCUT2D eigenvalue weighted by Crippen LogP contribution is 2.33. The van der Waals surface area contributed by atoms with Gasteiger partial charge in [0.15, 0.2) is 11.5 Å². The number of benzene rings is 2. The van der Waals surface area contributed by atoms with Crippen molar-refractivity contribution >= 4 is 11.6 Å². The van der Waals surface area contributed by atoms with Crippen LogP contribution in [-0.2, 0) is 0 Å². The lowest BCUT2D eigenvalue weighted by atomic mass is 10.1. The molecule has 25 heavy (non-hydrogen) atoms. The Labute approximate surface area is 147 Å². The van der Waals surface area contributed by atoms with Gasteiger partial charge in [0.25, 0.3) is 5.91 Å². The molecule has 0 unspecified atom stereocenters. The monoisotopic (exact) mass is 341 g/mol. The van der Waals surface area contributed by atoms with Crippen molar-refractivity contribution in [2.75, 3.05) is 19.5 Å². The predicted octanol–water partition coefficient (Wildman–Crippen LogP) is 4.28. The van der Waals surface area contributed by atoms with E-state index in [0.717, 1.165) is 12.8 Å². The van der Waals surface area contributed by atoms with Crippen LogP contribution < -0.4 is 19.5 Å². The van der Waals surface area contributed by atoms with Gasteiger partial charge in [-0.1, -0.05) is 12.1 Å². The van der Waals surface area contributed by atoms with Crippen molar-refractivity contribution in [1.82, 2.24) is 0 Å². The van der Waals surface area contributed by atoms with Crippen LogP contribution in [0.4, 0.5) is 5.69 Å². The van der Waals surface area contributed by atoms with E-state index in [1.165, 1.54) is 12.8 Å². The lowest BCUT2D eigenvalue weighted by Gasteiger charge is -2.17. The lowest BCUT2D eigenvalue weighted by molar-refractivity contribution is 0.102. The number of nitrogens with one attached hydrogen (secondary N) is 1. The third kappa shape index (κ3) is 4.05. The summed E-state index contributed by atoms with van der Waals surface area (Å²) in [6.45, 7) is 0. The van der Waals surface area contributed by atoms with Gasteiger partial charge in [0.1, 0.15) is 5.75 Å². The van der Waals surface area contributed by atoms with Crippen LogP contribution in [0.3, 0.4) is 0 Å². The Balaban J connectivity index is 1.80. The van der Waals surface area contributed by atoms with Crippen LogP contribution in [-0.4, -0.2) is 26.2 Å². The van der Waals surface area contributed by atoms with E-state index in [2.05, 4.69) is 5.32 Å². The van der Waals surface area contributed by atoms with Gasteiger partial charge < -0.3 is 19.5 Å². The first-order valence-electron chi connectivity index (χ1n) is 8.50. The summed E-state index contributed by atoms with van der Waals surface area (Å²) in [5.74, 6) is 1.65. The fraction of sp³-hybridized carbons (Fsp3) is 0.350. The van der Waals surface area contributed by atoms with E-state index >= 15 is 0 Å². The van der Waals surface area contributed by atoms with E-state index in [1.807, 2.05) is 12.1 Å². The number of carbonyl (C=O) groups excluding carboxylic acids is 1. The van der Waals surface area contributed by atoms with Crippen LogP contribution in [0, 0.1) is 0 Å². The maximum atomic E-state index is 12.6. The zero-order valence-electron chi connectivity index (χ0n) is 14.6. The van der Waals surface area contributed by atoms with Crippen LogP contribution in [0.2, 0.25) is 0 Å². The Morgan fingerprint density at radius 2 is 1.68 bits per heavy atom. The van der Waals surface area contributed by atoms with Crippen LogP contribution in [0.1, 0.15) is 36.0 Å². The Kier molecular flexibility index (Phi) is 5.43. The Hall–Kier alpha value is -2.69. The SMILES string of the molecule is COc1ccccc1NC(=O)c1ccc(OC)c(OC2CCCC2)c1. The largest absolute Gasteiger partial charge is 0.495 e. The summed E-state index contributed by atoms with van der Waals surface area (Å²) < 4.78 is 16.7. The summed E-state index contributed by atoms with van der Waals surface area (Å²) in [6, 6.07) is 12.5. The minimum Gasteiger partial charge on any atom is -0.495 e. The molecule has 132 valence electrons. The average Bonchev–Trinajstić information content (AvgIpc) is 3.15. The van der Waals surface area contributed by atoms with Gasteiger partial charge in [0.05, 0.1) is 26.0 Å². The first-order valence-corrected chi connectivity index (χ1v) is 8.50. The molecule has 1 saturated carbocycles. The van der Waals surface area contributed by atoms with Crippen molar-refractivity contribution < 1.29 is 19.0 Å². The molecule has 1 amide bonds. The second-order valence-electron chi connectivity index (χ2n) is 6.04. The van der Waals surface area contributed by atoms with Crippen molar-refractivity contribution in [3.8, 4) is 17.2 Å². The third-order valence-corrected chi connectivity index (χ3v) is 4.38. The van der Waals surface area contributed by atoms with E-state index in [4.69, 9.17) is 14.2 Å². The molecule has 1 N–H and O–H groups in total. The molecule has 0 heterocycles. The number of para-hydroxylation sites is 2. The Morgan fingerprint density at radius 1 is 0.960 bits per heavy atom. The van der Waals surface area contributed by atoms with E-state index in [-0.39, 0.29) is 12.0 Å². The van der Waals surface area contributed by atoms with Gasteiger partial charge in [-0.25, -0.2) is 0 Å². The normalized spacial score (nSPS) is 14.2. The molecule has 1 fully saturated rings. The molecule has 1 aliphatic carbocycles. The van der Waals surface area contributed by atoms with Crippen molar-refractivity contribution in [2.45, 2.75) is 31.8 Å². The topological polar surface area (TPSA) is 56.8 Å². The van der Waals surface area contributed by atoms with Crippen molar-refractivity contribution in [3.05, 3.63) is 48.0 Å². The fourth-order valence-electron chi connectivity index (χ4n) is 3.04. The molecule has 2 aromatic carbocycles. The van der Waals surface area contributed by atoms with Crippen molar-refractivity contribution in [1.29, 1.82) is 0 Å². The molecule has 1 aliphatic rings. The van der Waals surface area contributed by atoms with Gasteiger partial charge in [-0.3, -0.25) is 4.79 Å². The summed E-state index contributed by atoms with van der Waals surface area (Å²) in [4.78, 5) is 12.6. The molecule has 0 atom stereocenters. The maximum absolute atomic E-state index is 12.6. The van der Waals surface area contributed by atoms with Crippen molar-refractivity contribution in [3.63, 3.8) is 0 Å². The zero-order chi connectivity index (χ0) is 17.6. The van der Waals surface area contributed by atoms with E-state index < -0.39 is 0 Å². The Bertz CT molecular complexity index is 738. The molecule has 0 bridgehead atoms. The molecular weight excluding hydrogens is 318 g/mol. The quantitative estimate of drug-likeness (QED) is 0.852. The number of hydrogen-bond acceptors (Lipinski definition) is 4.